The monoisotopic (exact) mass is 349 g/mol. The third-order valence-corrected chi connectivity index (χ3v) is 4.89. The van der Waals surface area contributed by atoms with Crippen molar-refractivity contribution in [1.29, 1.82) is 0 Å². The van der Waals surface area contributed by atoms with Crippen LogP contribution in [0.5, 0.6) is 5.75 Å². The molecule has 0 fully saturated rings. The lowest BCUT2D eigenvalue weighted by molar-refractivity contribution is 0.314. The highest BCUT2D eigenvalue weighted by Gasteiger charge is 2.18. The van der Waals surface area contributed by atoms with Gasteiger partial charge in [-0.05, 0) is 47.8 Å². The van der Waals surface area contributed by atoms with Crippen molar-refractivity contribution in [3.63, 3.8) is 0 Å². The van der Waals surface area contributed by atoms with Gasteiger partial charge in [-0.2, -0.15) is 0 Å². The van der Waals surface area contributed by atoms with Crippen LogP contribution in [0.1, 0.15) is 33.6 Å². The average molecular weight is 350 g/mol. The van der Waals surface area contributed by atoms with Crippen LogP contribution in [-0.2, 0) is 10.0 Å². The van der Waals surface area contributed by atoms with Crippen molar-refractivity contribution in [2.75, 3.05) is 6.61 Å². The zero-order valence-corrected chi connectivity index (χ0v) is 13.8. The quantitative estimate of drug-likeness (QED) is 0.821. The molecule has 0 saturated heterocycles. The van der Waals surface area contributed by atoms with Crippen molar-refractivity contribution in [1.82, 2.24) is 4.72 Å². The van der Waals surface area contributed by atoms with Gasteiger partial charge in [-0.3, -0.25) is 0 Å². The van der Waals surface area contributed by atoms with Gasteiger partial charge in [0.05, 0.1) is 16.0 Å². The van der Waals surface area contributed by atoms with Crippen LogP contribution in [0.25, 0.3) is 0 Å². The molecule has 0 aromatic heterocycles. The van der Waals surface area contributed by atoms with E-state index < -0.39 is 10.0 Å². The Kier molecular flexibility index (Phi) is 6.29. The third-order valence-electron chi connectivity index (χ3n) is 2.64. The smallest absolute Gasteiger partial charge is 0.240 e. The molecule has 0 aliphatic carbocycles. The number of hydrogen-bond donors (Lipinski definition) is 1. The van der Waals surface area contributed by atoms with Crippen LogP contribution in [0, 0.1) is 0 Å². The molecular formula is C13H20BrNO3S. The van der Waals surface area contributed by atoms with Crippen LogP contribution >= 0.6 is 15.9 Å². The van der Waals surface area contributed by atoms with Gasteiger partial charge < -0.3 is 4.74 Å². The predicted molar refractivity (Wildman–Crippen MR) is 80.0 cm³/mol. The van der Waals surface area contributed by atoms with Gasteiger partial charge in [0.2, 0.25) is 10.0 Å². The maximum atomic E-state index is 12.2. The van der Waals surface area contributed by atoms with Gasteiger partial charge in [0.15, 0.2) is 0 Å². The van der Waals surface area contributed by atoms with E-state index in [9.17, 15) is 8.42 Å². The fourth-order valence-electron chi connectivity index (χ4n) is 1.39. The largest absolute Gasteiger partial charge is 0.492 e. The highest BCUT2D eigenvalue weighted by molar-refractivity contribution is 9.10. The minimum Gasteiger partial charge on any atom is -0.492 e. The molecule has 0 radical (unpaired) electrons. The molecule has 6 heteroatoms. The maximum absolute atomic E-state index is 12.2. The lowest BCUT2D eigenvalue weighted by Crippen LogP contribution is -2.32. The van der Waals surface area contributed by atoms with Gasteiger partial charge in [-0.25, -0.2) is 13.1 Å². The van der Waals surface area contributed by atoms with E-state index in [0.717, 1.165) is 17.3 Å². The van der Waals surface area contributed by atoms with Gasteiger partial charge in [0, 0.05) is 12.1 Å². The Morgan fingerprint density at radius 3 is 2.63 bits per heavy atom. The lowest BCUT2D eigenvalue weighted by Gasteiger charge is -2.14. The molecule has 1 rings (SSSR count). The molecule has 19 heavy (non-hydrogen) atoms. The Morgan fingerprint density at radius 2 is 2.05 bits per heavy atom. The lowest BCUT2D eigenvalue weighted by atomic mass is 10.3. The van der Waals surface area contributed by atoms with Gasteiger partial charge >= 0.3 is 0 Å². The molecule has 0 spiro atoms. The molecule has 4 nitrogen and oxygen atoms in total. The van der Waals surface area contributed by atoms with Crippen molar-refractivity contribution in [3.8, 4) is 5.75 Å². The molecule has 0 heterocycles. The standard InChI is InChI=1S/C13H20BrNO3S/c1-4-8-18-13-9-11(6-7-12(13)14)19(16,17)15-10(3)5-2/h6-7,9-10,15H,4-5,8H2,1-3H3. The molecule has 0 bridgehead atoms. The zero-order valence-electron chi connectivity index (χ0n) is 11.4. The Morgan fingerprint density at radius 1 is 1.37 bits per heavy atom. The second kappa shape index (κ2) is 7.26. The summed E-state index contributed by atoms with van der Waals surface area (Å²) in [6.07, 6.45) is 1.61. The van der Waals surface area contributed by atoms with E-state index in [4.69, 9.17) is 4.74 Å². The molecule has 1 N–H and O–H groups in total. The average Bonchev–Trinajstić information content (AvgIpc) is 2.36. The summed E-state index contributed by atoms with van der Waals surface area (Å²) >= 11 is 3.35. The maximum Gasteiger partial charge on any atom is 0.240 e. The first-order valence-electron chi connectivity index (χ1n) is 6.35. The summed E-state index contributed by atoms with van der Waals surface area (Å²) in [5.74, 6) is 0.550. The van der Waals surface area contributed by atoms with Crippen LogP contribution in [0.4, 0.5) is 0 Å². The Labute approximate surface area is 123 Å². The van der Waals surface area contributed by atoms with Crippen molar-refractivity contribution in [2.24, 2.45) is 0 Å². The van der Waals surface area contributed by atoms with E-state index in [2.05, 4.69) is 20.7 Å². The van der Waals surface area contributed by atoms with Crippen molar-refractivity contribution < 1.29 is 13.2 Å². The van der Waals surface area contributed by atoms with E-state index in [-0.39, 0.29) is 10.9 Å². The number of ether oxygens (including phenoxy) is 1. The summed E-state index contributed by atoms with van der Waals surface area (Å²) in [5, 5.41) is 0. The fraction of sp³-hybridized carbons (Fsp3) is 0.538. The van der Waals surface area contributed by atoms with E-state index in [1.165, 1.54) is 0 Å². The van der Waals surface area contributed by atoms with Crippen molar-refractivity contribution in [2.45, 2.75) is 44.6 Å². The summed E-state index contributed by atoms with van der Waals surface area (Å²) in [4.78, 5) is 0.224. The highest BCUT2D eigenvalue weighted by atomic mass is 79.9. The summed E-state index contributed by atoms with van der Waals surface area (Å²) < 4.78 is 33.2. The summed E-state index contributed by atoms with van der Waals surface area (Å²) in [7, 11) is -3.49. The SMILES string of the molecule is CCCOc1cc(S(=O)(=O)NC(C)CC)ccc1Br. The van der Waals surface area contributed by atoms with Gasteiger partial charge in [-0.1, -0.05) is 13.8 Å². The Balaban J connectivity index is 3.00. The Bertz CT molecular complexity index is 517. The van der Waals surface area contributed by atoms with Crippen molar-refractivity contribution >= 4 is 26.0 Å². The van der Waals surface area contributed by atoms with Gasteiger partial charge in [0.25, 0.3) is 0 Å². The topological polar surface area (TPSA) is 55.4 Å². The first kappa shape index (κ1) is 16.5. The van der Waals surface area contributed by atoms with Crippen LogP contribution in [-0.4, -0.2) is 21.1 Å². The molecule has 0 saturated carbocycles. The number of hydrogen-bond acceptors (Lipinski definition) is 3. The number of halogens is 1. The Hall–Kier alpha value is -0.590. The van der Waals surface area contributed by atoms with Crippen LogP contribution in [0.15, 0.2) is 27.6 Å². The first-order valence-corrected chi connectivity index (χ1v) is 8.63. The van der Waals surface area contributed by atoms with E-state index in [1.54, 1.807) is 18.2 Å². The van der Waals surface area contributed by atoms with E-state index >= 15 is 0 Å². The highest BCUT2D eigenvalue weighted by Crippen LogP contribution is 2.28. The number of rotatable bonds is 7. The zero-order chi connectivity index (χ0) is 14.5. The molecular weight excluding hydrogens is 330 g/mol. The molecule has 0 aliphatic rings. The van der Waals surface area contributed by atoms with Crippen LogP contribution in [0.3, 0.4) is 0 Å². The minimum absolute atomic E-state index is 0.0892. The molecule has 0 aliphatic heterocycles. The number of benzene rings is 1. The molecule has 1 aromatic rings. The molecule has 1 aromatic carbocycles. The molecule has 0 amide bonds. The summed E-state index contributed by atoms with van der Waals surface area (Å²) in [6, 6.07) is 4.71. The van der Waals surface area contributed by atoms with Crippen LogP contribution < -0.4 is 9.46 Å². The van der Waals surface area contributed by atoms with Crippen LogP contribution in [0.2, 0.25) is 0 Å². The second-order valence-electron chi connectivity index (χ2n) is 4.37. The van der Waals surface area contributed by atoms with E-state index in [1.807, 2.05) is 20.8 Å². The molecule has 108 valence electrons. The third kappa shape index (κ3) is 4.78. The fourth-order valence-corrected chi connectivity index (χ4v) is 3.09. The summed E-state index contributed by atoms with van der Waals surface area (Å²) in [5.41, 5.74) is 0. The molecule has 1 atom stereocenters. The second-order valence-corrected chi connectivity index (χ2v) is 6.94. The van der Waals surface area contributed by atoms with Gasteiger partial charge in [0.1, 0.15) is 5.75 Å². The normalized spacial score (nSPS) is 13.3. The number of sulfonamides is 1. The number of nitrogens with one attached hydrogen (secondary N) is 1. The predicted octanol–water partition coefficient (Wildman–Crippen LogP) is 3.31. The van der Waals surface area contributed by atoms with Crippen molar-refractivity contribution in [3.05, 3.63) is 22.7 Å². The summed E-state index contributed by atoms with van der Waals surface area (Å²) in [6.45, 7) is 6.33. The minimum atomic E-state index is -3.49. The molecule has 1 unspecified atom stereocenters. The van der Waals surface area contributed by atoms with E-state index in [0.29, 0.717) is 12.4 Å². The first-order chi connectivity index (χ1) is 8.90. The van der Waals surface area contributed by atoms with Gasteiger partial charge in [-0.15, -0.1) is 0 Å².